The summed E-state index contributed by atoms with van der Waals surface area (Å²) in [4.78, 5) is 12.6. The molecular formula is C22H15N3. The molecule has 0 bridgehead atoms. The van der Waals surface area contributed by atoms with Gasteiger partial charge in [0.05, 0.1) is 16.6 Å². The summed E-state index contributed by atoms with van der Waals surface area (Å²) >= 11 is 0. The number of fused-ring (bicyclic) bond motifs is 2. The second-order valence-corrected chi connectivity index (χ2v) is 6.09. The molecule has 0 unspecified atom stereocenters. The highest BCUT2D eigenvalue weighted by Crippen LogP contribution is 2.26. The zero-order chi connectivity index (χ0) is 16.6. The number of H-pyrrole nitrogens is 1. The van der Waals surface area contributed by atoms with E-state index < -0.39 is 0 Å². The lowest BCUT2D eigenvalue weighted by Crippen LogP contribution is -1.81. The van der Waals surface area contributed by atoms with Crippen LogP contribution in [-0.4, -0.2) is 15.0 Å². The Morgan fingerprint density at radius 1 is 0.640 bits per heavy atom. The molecule has 2 heterocycles. The third kappa shape index (κ3) is 2.46. The largest absolute Gasteiger partial charge is 0.338 e. The van der Waals surface area contributed by atoms with E-state index in [0.29, 0.717) is 0 Å². The van der Waals surface area contributed by atoms with Crippen molar-refractivity contribution in [3.63, 3.8) is 0 Å². The van der Waals surface area contributed by atoms with E-state index in [1.807, 2.05) is 24.4 Å². The maximum absolute atomic E-state index is 4.74. The number of nitrogens with zero attached hydrogens (tertiary/aromatic N) is 2. The minimum Gasteiger partial charge on any atom is -0.338 e. The van der Waals surface area contributed by atoms with Gasteiger partial charge in [-0.25, -0.2) is 4.98 Å². The number of hydrogen-bond acceptors (Lipinski definition) is 2. The number of aromatic amines is 1. The number of pyridine rings is 1. The molecule has 0 saturated heterocycles. The maximum atomic E-state index is 4.74. The van der Waals surface area contributed by atoms with Gasteiger partial charge in [-0.1, -0.05) is 60.7 Å². The molecule has 3 nitrogen and oxygen atoms in total. The summed E-state index contributed by atoms with van der Waals surface area (Å²) in [5.74, 6) is 0.880. The monoisotopic (exact) mass is 321 g/mol. The molecule has 0 aliphatic carbocycles. The van der Waals surface area contributed by atoms with E-state index in [-0.39, 0.29) is 0 Å². The standard InChI is InChI=1S/C22H15N3/c1-2-5-15(6-3-1)16-8-10-17(11-9-16)22-24-20-13-18-7-4-12-23-19(18)14-21(20)25-22/h1-14H,(H,24,25). The fourth-order valence-electron chi connectivity index (χ4n) is 3.17. The van der Waals surface area contributed by atoms with Crippen molar-refractivity contribution in [3.05, 3.63) is 85.1 Å². The van der Waals surface area contributed by atoms with Crippen molar-refractivity contribution in [1.82, 2.24) is 15.0 Å². The van der Waals surface area contributed by atoms with Gasteiger partial charge < -0.3 is 4.98 Å². The zero-order valence-corrected chi connectivity index (χ0v) is 13.5. The van der Waals surface area contributed by atoms with Crippen molar-refractivity contribution in [2.24, 2.45) is 0 Å². The van der Waals surface area contributed by atoms with E-state index in [1.54, 1.807) is 0 Å². The molecule has 25 heavy (non-hydrogen) atoms. The first-order valence-electron chi connectivity index (χ1n) is 8.27. The van der Waals surface area contributed by atoms with Gasteiger partial charge in [-0.05, 0) is 29.3 Å². The highest BCUT2D eigenvalue weighted by Gasteiger charge is 2.07. The minimum absolute atomic E-state index is 0.880. The zero-order valence-electron chi connectivity index (χ0n) is 13.5. The van der Waals surface area contributed by atoms with Crippen LogP contribution in [0.5, 0.6) is 0 Å². The average Bonchev–Trinajstić information content (AvgIpc) is 3.10. The highest BCUT2D eigenvalue weighted by atomic mass is 14.9. The van der Waals surface area contributed by atoms with Crippen LogP contribution in [0.25, 0.3) is 44.5 Å². The van der Waals surface area contributed by atoms with Gasteiger partial charge in [0.25, 0.3) is 0 Å². The normalized spacial score (nSPS) is 11.2. The molecule has 5 rings (SSSR count). The number of nitrogens with one attached hydrogen (secondary N) is 1. The summed E-state index contributed by atoms with van der Waals surface area (Å²) in [6, 6.07) is 27.0. The maximum Gasteiger partial charge on any atom is 0.138 e. The number of rotatable bonds is 2. The molecule has 3 heteroatoms. The topological polar surface area (TPSA) is 41.6 Å². The molecule has 3 aromatic carbocycles. The van der Waals surface area contributed by atoms with Crippen LogP contribution in [0.3, 0.4) is 0 Å². The summed E-state index contributed by atoms with van der Waals surface area (Å²) < 4.78 is 0. The van der Waals surface area contributed by atoms with Crippen LogP contribution >= 0.6 is 0 Å². The molecule has 2 aromatic heterocycles. The summed E-state index contributed by atoms with van der Waals surface area (Å²) in [5, 5.41) is 1.12. The summed E-state index contributed by atoms with van der Waals surface area (Å²) in [7, 11) is 0. The molecule has 0 aliphatic heterocycles. The SMILES string of the molecule is c1ccc(-c2ccc(-c3nc4cc5ncccc5cc4[nH]3)cc2)cc1. The lowest BCUT2D eigenvalue weighted by atomic mass is 10.0. The Kier molecular flexibility index (Phi) is 3.10. The van der Waals surface area contributed by atoms with E-state index in [0.717, 1.165) is 33.3 Å². The van der Waals surface area contributed by atoms with Gasteiger partial charge in [0.15, 0.2) is 0 Å². The van der Waals surface area contributed by atoms with E-state index in [4.69, 9.17) is 4.98 Å². The molecule has 0 spiro atoms. The van der Waals surface area contributed by atoms with Crippen LogP contribution in [0.4, 0.5) is 0 Å². The number of benzene rings is 3. The van der Waals surface area contributed by atoms with Crippen molar-refractivity contribution >= 4 is 21.9 Å². The van der Waals surface area contributed by atoms with Gasteiger partial charge in [-0.3, -0.25) is 4.98 Å². The van der Waals surface area contributed by atoms with Crippen molar-refractivity contribution in [2.75, 3.05) is 0 Å². The van der Waals surface area contributed by atoms with Crippen molar-refractivity contribution < 1.29 is 0 Å². The quantitative estimate of drug-likeness (QED) is 0.470. The highest BCUT2D eigenvalue weighted by molar-refractivity contribution is 5.94. The van der Waals surface area contributed by atoms with Gasteiger partial charge in [0.1, 0.15) is 5.82 Å². The van der Waals surface area contributed by atoms with Crippen LogP contribution in [0.1, 0.15) is 0 Å². The third-order valence-electron chi connectivity index (χ3n) is 4.47. The van der Waals surface area contributed by atoms with Gasteiger partial charge in [0.2, 0.25) is 0 Å². The van der Waals surface area contributed by atoms with E-state index in [9.17, 15) is 0 Å². The second kappa shape index (κ2) is 5.56. The van der Waals surface area contributed by atoms with Crippen molar-refractivity contribution in [2.45, 2.75) is 0 Å². The molecule has 118 valence electrons. The molecule has 5 aromatic rings. The molecule has 1 N–H and O–H groups in total. The Morgan fingerprint density at radius 3 is 2.24 bits per heavy atom. The number of aromatic nitrogens is 3. The van der Waals surface area contributed by atoms with Gasteiger partial charge in [-0.2, -0.15) is 0 Å². The number of imidazole rings is 1. The van der Waals surface area contributed by atoms with Gasteiger partial charge in [-0.15, -0.1) is 0 Å². The van der Waals surface area contributed by atoms with Crippen LogP contribution in [0.2, 0.25) is 0 Å². The summed E-state index contributed by atoms with van der Waals surface area (Å²) in [5.41, 5.74) is 6.43. The van der Waals surface area contributed by atoms with Gasteiger partial charge >= 0.3 is 0 Å². The third-order valence-corrected chi connectivity index (χ3v) is 4.47. The first-order valence-corrected chi connectivity index (χ1v) is 8.27. The van der Waals surface area contributed by atoms with Crippen LogP contribution < -0.4 is 0 Å². The smallest absolute Gasteiger partial charge is 0.138 e. The minimum atomic E-state index is 0.880. The molecule has 0 aliphatic rings. The Hall–Kier alpha value is -3.46. The lowest BCUT2D eigenvalue weighted by Gasteiger charge is -2.02. The van der Waals surface area contributed by atoms with Crippen molar-refractivity contribution in [3.8, 4) is 22.5 Å². The van der Waals surface area contributed by atoms with E-state index >= 15 is 0 Å². The summed E-state index contributed by atoms with van der Waals surface area (Å²) in [6.45, 7) is 0. The molecule has 0 amide bonds. The predicted molar refractivity (Wildman–Crippen MR) is 102 cm³/mol. The van der Waals surface area contributed by atoms with Crippen LogP contribution in [0, 0.1) is 0 Å². The second-order valence-electron chi connectivity index (χ2n) is 6.09. The lowest BCUT2D eigenvalue weighted by molar-refractivity contribution is 1.34. The molecule has 0 saturated carbocycles. The summed E-state index contributed by atoms with van der Waals surface area (Å²) in [6.07, 6.45) is 1.81. The van der Waals surface area contributed by atoms with E-state index in [2.05, 4.69) is 70.6 Å². The molecule has 0 radical (unpaired) electrons. The fourth-order valence-corrected chi connectivity index (χ4v) is 3.17. The van der Waals surface area contributed by atoms with Gasteiger partial charge in [0, 0.05) is 17.1 Å². The Labute approximate surface area is 145 Å². The Balaban J connectivity index is 1.57. The predicted octanol–water partition coefficient (Wildman–Crippen LogP) is 5.45. The molecular weight excluding hydrogens is 306 g/mol. The number of hydrogen-bond donors (Lipinski definition) is 1. The average molecular weight is 321 g/mol. The Morgan fingerprint density at radius 2 is 1.40 bits per heavy atom. The van der Waals surface area contributed by atoms with Crippen LogP contribution in [-0.2, 0) is 0 Å². The van der Waals surface area contributed by atoms with E-state index in [1.165, 1.54) is 11.1 Å². The first kappa shape index (κ1) is 13.9. The van der Waals surface area contributed by atoms with Crippen LogP contribution in [0.15, 0.2) is 85.1 Å². The molecule has 0 atom stereocenters. The molecule has 0 fully saturated rings. The Bertz CT molecular complexity index is 1120. The van der Waals surface area contributed by atoms with Crippen molar-refractivity contribution in [1.29, 1.82) is 0 Å². The first-order chi connectivity index (χ1) is 12.4. The fraction of sp³-hybridized carbons (Fsp3) is 0.